The van der Waals surface area contributed by atoms with E-state index in [0.29, 0.717) is 16.5 Å². The summed E-state index contributed by atoms with van der Waals surface area (Å²) in [6.45, 7) is 3.73. The van der Waals surface area contributed by atoms with Gasteiger partial charge in [-0.25, -0.2) is 4.98 Å². The summed E-state index contributed by atoms with van der Waals surface area (Å²) in [5.41, 5.74) is 2.87. The van der Waals surface area contributed by atoms with E-state index >= 15 is 0 Å². The molecule has 3 aromatic rings. The molecule has 2 aromatic heterocycles. The largest absolute Gasteiger partial charge is 0.461 e. The van der Waals surface area contributed by atoms with Crippen LogP contribution in [0.15, 0.2) is 53.1 Å². The maximum atomic E-state index is 13.6. The van der Waals surface area contributed by atoms with E-state index in [0.717, 1.165) is 47.6 Å². The van der Waals surface area contributed by atoms with E-state index in [2.05, 4.69) is 11.1 Å². The molecule has 0 radical (unpaired) electrons. The van der Waals surface area contributed by atoms with Crippen LogP contribution in [0.25, 0.3) is 11.3 Å². The van der Waals surface area contributed by atoms with Crippen molar-refractivity contribution in [3.05, 3.63) is 65.7 Å². The fourth-order valence-corrected chi connectivity index (χ4v) is 4.84. The molecule has 31 heavy (non-hydrogen) atoms. The molecule has 5 rings (SSSR count). The molecule has 0 atom stereocenters. The molecule has 1 aromatic carbocycles. The number of pyridine rings is 1. The second-order valence-corrected chi connectivity index (χ2v) is 8.44. The first-order valence-corrected chi connectivity index (χ1v) is 10.6. The minimum Gasteiger partial charge on any atom is -0.461 e. The molecular formula is C24H20N4O2S. The zero-order valence-corrected chi connectivity index (χ0v) is 18.1. The van der Waals surface area contributed by atoms with Gasteiger partial charge in [-0.2, -0.15) is 5.26 Å². The number of amides is 1. The summed E-state index contributed by atoms with van der Waals surface area (Å²) in [4.78, 5) is 21.3. The third-order valence-electron chi connectivity index (χ3n) is 6.17. The number of aryl methyl sites for hydroxylation is 2. The summed E-state index contributed by atoms with van der Waals surface area (Å²) >= 11 is 5.81. The van der Waals surface area contributed by atoms with Crippen LogP contribution in [-0.4, -0.2) is 21.5 Å². The van der Waals surface area contributed by atoms with E-state index in [1.54, 1.807) is 17.2 Å². The molecule has 154 valence electrons. The smallest absolute Gasteiger partial charge is 0.259 e. The average molecular weight is 429 g/mol. The Kier molecular flexibility index (Phi) is 4.42. The molecule has 1 aliphatic heterocycles. The molecule has 1 spiro atoms. The Labute approximate surface area is 185 Å². The van der Waals surface area contributed by atoms with Crippen LogP contribution in [0, 0.1) is 25.2 Å². The number of aromatic nitrogens is 1. The predicted octanol–water partition coefficient (Wildman–Crippen LogP) is 4.89. The Hall–Kier alpha value is -3.50. The summed E-state index contributed by atoms with van der Waals surface area (Å²) in [5, 5.41) is 9.61. The fourth-order valence-electron chi connectivity index (χ4n) is 4.37. The highest BCUT2D eigenvalue weighted by Crippen LogP contribution is 2.48. The molecule has 3 heterocycles. The number of anilines is 2. The lowest BCUT2D eigenvalue weighted by atomic mass is 9.75. The summed E-state index contributed by atoms with van der Waals surface area (Å²) in [5.74, 6) is 1.64. The van der Waals surface area contributed by atoms with E-state index in [1.807, 2.05) is 55.1 Å². The van der Waals surface area contributed by atoms with Crippen molar-refractivity contribution >= 4 is 34.6 Å². The Morgan fingerprint density at radius 1 is 1.13 bits per heavy atom. The number of nitriles is 1. The highest BCUT2D eigenvalue weighted by Gasteiger charge is 2.59. The first kappa shape index (κ1) is 19.5. The molecule has 1 saturated heterocycles. The van der Waals surface area contributed by atoms with Crippen molar-refractivity contribution in [3.63, 3.8) is 0 Å². The van der Waals surface area contributed by atoms with E-state index in [4.69, 9.17) is 16.6 Å². The van der Waals surface area contributed by atoms with Gasteiger partial charge in [-0.1, -0.05) is 0 Å². The van der Waals surface area contributed by atoms with Crippen LogP contribution in [0.4, 0.5) is 11.4 Å². The van der Waals surface area contributed by atoms with Gasteiger partial charge in [-0.05, 0) is 93.4 Å². The summed E-state index contributed by atoms with van der Waals surface area (Å²) in [6, 6.07) is 15.7. The standard InChI is InChI=1S/C24H20N4O2S/c1-15-12-19(14-26-20(15)13-25)27-22(29)24(10-3-11-24)28(23(27)31)18-7-5-17(6-8-18)21-9-4-16(2)30-21/h4-9,12,14H,3,10-11H2,1-2H3. The summed E-state index contributed by atoms with van der Waals surface area (Å²) in [7, 11) is 0. The molecule has 0 N–H and O–H groups in total. The number of nitrogens with zero attached hydrogens (tertiary/aromatic N) is 4. The number of rotatable bonds is 3. The number of benzene rings is 1. The van der Waals surface area contributed by atoms with Gasteiger partial charge in [-0.15, -0.1) is 0 Å². The van der Waals surface area contributed by atoms with Crippen LogP contribution < -0.4 is 9.80 Å². The molecule has 1 aliphatic carbocycles. The SMILES string of the molecule is Cc1ccc(-c2ccc(N3C(=S)N(c4cnc(C#N)c(C)c4)C(=O)C34CCC4)cc2)o1. The summed E-state index contributed by atoms with van der Waals surface area (Å²) in [6.07, 6.45) is 4.04. The van der Waals surface area contributed by atoms with Gasteiger partial charge in [0, 0.05) is 11.3 Å². The van der Waals surface area contributed by atoms with E-state index in [-0.39, 0.29) is 5.91 Å². The number of hydrogen-bond acceptors (Lipinski definition) is 5. The Balaban J connectivity index is 1.53. The number of furan rings is 1. The maximum Gasteiger partial charge on any atom is 0.259 e. The van der Waals surface area contributed by atoms with Crippen LogP contribution in [-0.2, 0) is 4.79 Å². The highest BCUT2D eigenvalue weighted by atomic mass is 32.1. The van der Waals surface area contributed by atoms with Gasteiger partial charge in [0.15, 0.2) is 5.11 Å². The number of carbonyl (C=O) groups is 1. The normalized spacial score (nSPS) is 17.2. The van der Waals surface area contributed by atoms with Crippen molar-refractivity contribution < 1.29 is 9.21 Å². The third-order valence-corrected chi connectivity index (χ3v) is 6.54. The van der Waals surface area contributed by atoms with Crippen LogP contribution in [0.5, 0.6) is 0 Å². The van der Waals surface area contributed by atoms with E-state index in [9.17, 15) is 10.1 Å². The van der Waals surface area contributed by atoms with Crippen LogP contribution >= 0.6 is 12.2 Å². The first-order valence-electron chi connectivity index (χ1n) is 10.2. The van der Waals surface area contributed by atoms with Crippen molar-refractivity contribution in [2.24, 2.45) is 0 Å². The molecule has 1 amide bonds. The molecule has 1 saturated carbocycles. The van der Waals surface area contributed by atoms with Gasteiger partial charge < -0.3 is 9.32 Å². The topological polar surface area (TPSA) is 73.4 Å². The van der Waals surface area contributed by atoms with Crippen molar-refractivity contribution in [2.75, 3.05) is 9.80 Å². The lowest BCUT2D eigenvalue weighted by Gasteiger charge is -2.43. The third kappa shape index (κ3) is 2.87. The number of thiocarbonyl (C=S) groups is 1. The Morgan fingerprint density at radius 2 is 1.87 bits per heavy atom. The minimum atomic E-state index is -0.651. The van der Waals surface area contributed by atoms with Gasteiger partial charge in [0.25, 0.3) is 5.91 Å². The molecule has 6 nitrogen and oxygen atoms in total. The van der Waals surface area contributed by atoms with Crippen molar-refractivity contribution in [3.8, 4) is 17.4 Å². The second kappa shape index (κ2) is 7.03. The quantitative estimate of drug-likeness (QED) is 0.553. The molecule has 7 heteroatoms. The fraction of sp³-hybridized carbons (Fsp3) is 0.250. The predicted molar refractivity (Wildman–Crippen MR) is 122 cm³/mol. The minimum absolute atomic E-state index is 0.0274. The zero-order valence-electron chi connectivity index (χ0n) is 17.3. The lowest BCUT2D eigenvalue weighted by Crippen LogP contribution is -2.55. The first-order chi connectivity index (χ1) is 14.9. The molecule has 0 unspecified atom stereocenters. The number of carbonyl (C=O) groups excluding carboxylic acids is 1. The lowest BCUT2D eigenvalue weighted by molar-refractivity contribution is -0.123. The second-order valence-electron chi connectivity index (χ2n) is 8.07. The molecule has 0 bridgehead atoms. The van der Waals surface area contributed by atoms with Gasteiger partial charge in [0.1, 0.15) is 28.8 Å². The van der Waals surface area contributed by atoms with E-state index in [1.165, 1.54) is 0 Å². The molecule has 2 fully saturated rings. The van der Waals surface area contributed by atoms with Crippen LogP contribution in [0.1, 0.15) is 36.3 Å². The Bertz CT molecular complexity index is 1250. The van der Waals surface area contributed by atoms with Crippen LogP contribution in [0.3, 0.4) is 0 Å². The van der Waals surface area contributed by atoms with Gasteiger partial charge >= 0.3 is 0 Å². The van der Waals surface area contributed by atoms with Crippen LogP contribution in [0.2, 0.25) is 0 Å². The average Bonchev–Trinajstić information content (AvgIpc) is 3.26. The van der Waals surface area contributed by atoms with Crippen molar-refractivity contribution in [2.45, 2.75) is 38.6 Å². The highest BCUT2D eigenvalue weighted by molar-refractivity contribution is 7.81. The molecule has 2 aliphatic rings. The summed E-state index contributed by atoms with van der Waals surface area (Å²) < 4.78 is 5.72. The molecular weight excluding hydrogens is 408 g/mol. The van der Waals surface area contributed by atoms with E-state index < -0.39 is 5.54 Å². The van der Waals surface area contributed by atoms with Crippen molar-refractivity contribution in [1.82, 2.24) is 4.98 Å². The monoisotopic (exact) mass is 428 g/mol. The van der Waals surface area contributed by atoms with Gasteiger partial charge in [0.2, 0.25) is 0 Å². The maximum absolute atomic E-state index is 13.6. The van der Waals surface area contributed by atoms with Gasteiger partial charge in [-0.3, -0.25) is 9.69 Å². The number of hydrogen-bond donors (Lipinski definition) is 0. The van der Waals surface area contributed by atoms with Gasteiger partial charge in [0.05, 0.1) is 11.9 Å². The Morgan fingerprint density at radius 3 is 2.42 bits per heavy atom. The zero-order chi connectivity index (χ0) is 21.8. The van der Waals surface area contributed by atoms with Crippen molar-refractivity contribution in [1.29, 1.82) is 5.26 Å².